The van der Waals surface area contributed by atoms with Crippen LogP contribution in [0.4, 0.5) is 10.1 Å². The Hall–Kier alpha value is -3.73. The first-order chi connectivity index (χ1) is 13.5. The van der Waals surface area contributed by atoms with Gasteiger partial charge in [-0.05, 0) is 54.4 Å². The van der Waals surface area contributed by atoms with E-state index in [4.69, 9.17) is 0 Å². The smallest absolute Gasteiger partial charge is 0.298 e. The molecule has 2 aromatic heterocycles. The number of ketones is 1. The van der Waals surface area contributed by atoms with E-state index in [2.05, 4.69) is 5.32 Å². The normalized spacial score (nSPS) is 10.8. The standard InChI is InChI=1S/C23H17FN2O2/c1-15-6-2-3-8-20(15)25-23(28)22(27)21-19(16-9-11-17(24)12-10-16)14-18-7-4-5-13-26(18)21/h2-14H,1H3,(H,25,28). The lowest BCUT2D eigenvalue weighted by Gasteiger charge is -2.09. The summed E-state index contributed by atoms with van der Waals surface area (Å²) in [6, 6.07) is 20.4. The van der Waals surface area contributed by atoms with Crippen molar-refractivity contribution in [1.29, 1.82) is 0 Å². The second-order valence-electron chi connectivity index (χ2n) is 6.51. The zero-order valence-electron chi connectivity index (χ0n) is 15.1. The Balaban J connectivity index is 1.79. The molecule has 0 aliphatic carbocycles. The Labute approximate surface area is 161 Å². The minimum Gasteiger partial charge on any atom is -0.319 e. The third kappa shape index (κ3) is 3.18. The summed E-state index contributed by atoms with van der Waals surface area (Å²) in [6.07, 6.45) is 1.73. The Kier molecular flexibility index (Phi) is 4.49. The number of carbonyl (C=O) groups is 2. The van der Waals surface area contributed by atoms with Gasteiger partial charge in [-0.2, -0.15) is 0 Å². The van der Waals surface area contributed by atoms with Crippen molar-refractivity contribution in [1.82, 2.24) is 4.40 Å². The lowest BCUT2D eigenvalue weighted by molar-refractivity contribution is -0.112. The third-order valence-electron chi connectivity index (χ3n) is 4.65. The molecule has 28 heavy (non-hydrogen) atoms. The fraction of sp³-hybridized carbons (Fsp3) is 0.0435. The van der Waals surface area contributed by atoms with E-state index in [0.29, 0.717) is 16.8 Å². The summed E-state index contributed by atoms with van der Waals surface area (Å²) >= 11 is 0. The Morgan fingerprint density at radius 2 is 1.64 bits per heavy atom. The molecule has 2 aromatic carbocycles. The number of amides is 1. The highest BCUT2D eigenvalue weighted by atomic mass is 19.1. The summed E-state index contributed by atoms with van der Waals surface area (Å²) < 4.78 is 15.0. The molecule has 0 saturated carbocycles. The number of halogens is 1. The molecule has 0 saturated heterocycles. The molecular formula is C23H17FN2O2. The van der Waals surface area contributed by atoms with Crippen LogP contribution in [0.2, 0.25) is 0 Å². The van der Waals surface area contributed by atoms with Gasteiger partial charge in [-0.15, -0.1) is 0 Å². The van der Waals surface area contributed by atoms with Crippen molar-refractivity contribution in [3.8, 4) is 11.1 Å². The molecule has 1 amide bonds. The van der Waals surface area contributed by atoms with Gasteiger partial charge in [0.05, 0.1) is 0 Å². The number of benzene rings is 2. The number of rotatable bonds is 4. The number of aryl methyl sites for hydroxylation is 1. The highest BCUT2D eigenvalue weighted by Crippen LogP contribution is 2.29. The fourth-order valence-corrected chi connectivity index (χ4v) is 3.20. The molecule has 0 unspecified atom stereocenters. The Bertz CT molecular complexity index is 1190. The van der Waals surface area contributed by atoms with Crippen LogP contribution in [0.3, 0.4) is 0 Å². The maximum atomic E-state index is 13.3. The van der Waals surface area contributed by atoms with Crippen LogP contribution in [0.25, 0.3) is 16.6 Å². The number of hydrogen-bond donors (Lipinski definition) is 1. The van der Waals surface area contributed by atoms with Crippen molar-refractivity contribution < 1.29 is 14.0 Å². The average molecular weight is 372 g/mol. The molecule has 4 rings (SSSR count). The molecule has 0 spiro atoms. The first-order valence-corrected chi connectivity index (χ1v) is 8.82. The van der Waals surface area contributed by atoms with Gasteiger partial charge in [0.25, 0.3) is 11.7 Å². The number of anilines is 1. The van der Waals surface area contributed by atoms with Crippen molar-refractivity contribution in [3.05, 3.63) is 96.1 Å². The van der Waals surface area contributed by atoms with Crippen molar-refractivity contribution >= 4 is 22.9 Å². The predicted octanol–water partition coefficient (Wildman–Crippen LogP) is 4.88. The van der Waals surface area contributed by atoms with Gasteiger partial charge in [-0.3, -0.25) is 9.59 Å². The zero-order valence-corrected chi connectivity index (χ0v) is 15.1. The summed E-state index contributed by atoms with van der Waals surface area (Å²) in [7, 11) is 0. The maximum Gasteiger partial charge on any atom is 0.298 e. The maximum absolute atomic E-state index is 13.3. The van der Waals surface area contributed by atoms with E-state index in [1.807, 2.05) is 37.3 Å². The molecule has 0 fully saturated rings. The summed E-state index contributed by atoms with van der Waals surface area (Å²) in [4.78, 5) is 25.8. The van der Waals surface area contributed by atoms with Gasteiger partial charge in [0.2, 0.25) is 0 Å². The zero-order chi connectivity index (χ0) is 19.7. The van der Waals surface area contributed by atoms with Gasteiger partial charge in [0.15, 0.2) is 0 Å². The summed E-state index contributed by atoms with van der Waals surface area (Å²) in [6.45, 7) is 1.86. The molecule has 4 aromatic rings. The quantitative estimate of drug-likeness (QED) is 0.410. The molecule has 1 N–H and O–H groups in total. The van der Waals surface area contributed by atoms with E-state index < -0.39 is 11.7 Å². The van der Waals surface area contributed by atoms with Crippen LogP contribution < -0.4 is 5.32 Å². The van der Waals surface area contributed by atoms with Gasteiger partial charge in [-0.1, -0.05) is 36.4 Å². The van der Waals surface area contributed by atoms with Crippen molar-refractivity contribution in [2.75, 3.05) is 5.32 Å². The number of hydrogen-bond acceptors (Lipinski definition) is 2. The fourth-order valence-electron chi connectivity index (χ4n) is 3.20. The molecule has 5 heteroatoms. The van der Waals surface area contributed by atoms with Crippen LogP contribution in [-0.2, 0) is 4.79 Å². The highest BCUT2D eigenvalue weighted by molar-refractivity contribution is 6.47. The third-order valence-corrected chi connectivity index (χ3v) is 4.65. The van der Waals surface area contributed by atoms with Gasteiger partial charge in [0, 0.05) is 23.0 Å². The van der Waals surface area contributed by atoms with Gasteiger partial charge >= 0.3 is 0 Å². The summed E-state index contributed by atoms with van der Waals surface area (Å²) in [5.41, 5.74) is 3.71. The highest BCUT2D eigenvalue weighted by Gasteiger charge is 2.25. The predicted molar refractivity (Wildman–Crippen MR) is 107 cm³/mol. The molecule has 0 aliphatic rings. The lowest BCUT2D eigenvalue weighted by atomic mass is 10.0. The lowest BCUT2D eigenvalue weighted by Crippen LogP contribution is -2.25. The molecule has 0 atom stereocenters. The Morgan fingerprint density at radius 3 is 2.39 bits per heavy atom. The molecule has 0 aliphatic heterocycles. The van der Waals surface area contributed by atoms with Gasteiger partial charge in [-0.25, -0.2) is 4.39 Å². The Morgan fingerprint density at radius 1 is 0.929 bits per heavy atom. The molecular weight excluding hydrogens is 355 g/mol. The van der Waals surface area contributed by atoms with Gasteiger partial charge < -0.3 is 9.72 Å². The van der Waals surface area contributed by atoms with Crippen LogP contribution in [0.5, 0.6) is 0 Å². The van der Waals surface area contributed by atoms with Crippen molar-refractivity contribution in [2.45, 2.75) is 6.92 Å². The molecule has 0 bridgehead atoms. The first kappa shape index (κ1) is 17.7. The van der Waals surface area contributed by atoms with Crippen LogP contribution in [0.15, 0.2) is 79.0 Å². The largest absolute Gasteiger partial charge is 0.319 e. The average Bonchev–Trinajstić information content (AvgIpc) is 3.09. The number of aromatic nitrogens is 1. The number of nitrogens with one attached hydrogen (secondary N) is 1. The van der Waals surface area contributed by atoms with E-state index in [1.54, 1.807) is 40.9 Å². The van der Waals surface area contributed by atoms with E-state index in [-0.39, 0.29) is 11.5 Å². The van der Waals surface area contributed by atoms with Crippen LogP contribution in [0.1, 0.15) is 16.1 Å². The van der Waals surface area contributed by atoms with E-state index in [0.717, 1.165) is 11.1 Å². The van der Waals surface area contributed by atoms with E-state index in [9.17, 15) is 14.0 Å². The van der Waals surface area contributed by atoms with Crippen LogP contribution >= 0.6 is 0 Å². The SMILES string of the molecule is Cc1ccccc1NC(=O)C(=O)c1c(-c2ccc(F)cc2)cc2ccccn12. The number of para-hydroxylation sites is 1. The molecule has 138 valence electrons. The second kappa shape index (κ2) is 7.12. The topological polar surface area (TPSA) is 50.6 Å². The van der Waals surface area contributed by atoms with Crippen LogP contribution in [-0.4, -0.2) is 16.1 Å². The number of nitrogens with zero attached hydrogens (tertiary/aromatic N) is 1. The molecule has 4 nitrogen and oxygen atoms in total. The number of pyridine rings is 1. The van der Waals surface area contributed by atoms with Crippen molar-refractivity contribution in [3.63, 3.8) is 0 Å². The number of fused-ring (bicyclic) bond motifs is 1. The van der Waals surface area contributed by atoms with Gasteiger partial charge in [0.1, 0.15) is 11.5 Å². The minimum atomic E-state index is -0.721. The van der Waals surface area contributed by atoms with E-state index in [1.165, 1.54) is 12.1 Å². The number of carbonyl (C=O) groups excluding carboxylic acids is 2. The summed E-state index contributed by atoms with van der Waals surface area (Å²) in [5, 5.41) is 2.69. The van der Waals surface area contributed by atoms with Crippen molar-refractivity contribution in [2.24, 2.45) is 0 Å². The first-order valence-electron chi connectivity index (χ1n) is 8.82. The minimum absolute atomic E-state index is 0.244. The number of Topliss-reactive ketones (excluding diaryl/α,β-unsaturated/α-hetero) is 1. The summed E-state index contributed by atoms with van der Waals surface area (Å²) in [5.74, 6) is -1.74. The second-order valence-corrected chi connectivity index (χ2v) is 6.51. The molecule has 0 radical (unpaired) electrons. The van der Waals surface area contributed by atoms with E-state index >= 15 is 0 Å². The monoisotopic (exact) mass is 372 g/mol. The van der Waals surface area contributed by atoms with Crippen LogP contribution in [0, 0.1) is 12.7 Å². The molecule has 2 heterocycles.